The molecule has 0 spiro atoms. The Morgan fingerprint density at radius 1 is 1.00 bits per heavy atom. The summed E-state index contributed by atoms with van der Waals surface area (Å²) in [5, 5.41) is 0. The van der Waals surface area contributed by atoms with Crippen LogP contribution in [0.2, 0.25) is 0 Å². The molecular weight excluding hydrogens is 390 g/mol. The summed E-state index contributed by atoms with van der Waals surface area (Å²) in [5.74, 6) is 0.936. The lowest BCUT2D eigenvalue weighted by Gasteiger charge is -2.20. The number of carbonyl (C=O) groups is 2. The van der Waals surface area contributed by atoms with Crippen molar-refractivity contribution >= 4 is 12.3 Å². The van der Waals surface area contributed by atoms with Crippen LogP contribution in [0.1, 0.15) is 48.8 Å². The molecule has 3 rings (SSSR count). The number of carbonyl (C=O) groups excluding carboxylic acids is 2. The van der Waals surface area contributed by atoms with Crippen molar-refractivity contribution in [1.82, 2.24) is 4.98 Å². The van der Waals surface area contributed by atoms with Crippen LogP contribution >= 0.6 is 0 Å². The number of esters is 1. The van der Waals surface area contributed by atoms with E-state index in [4.69, 9.17) is 9.47 Å². The molecule has 0 fully saturated rings. The number of aldehydes is 1. The van der Waals surface area contributed by atoms with Gasteiger partial charge in [0.15, 0.2) is 5.69 Å². The molecule has 0 radical (unpaired) electrons. The van der Waals surface area contributed by atoms with Crippen molar-refractivity contribution in [2.75, 3.05) is 0 Å². The molecule has 0 aliphatic rings. The molecule has 5 heteroatoms. The predicted molar refractivity (Wildman–Crippen MR) is 120 cm³/mol. The molecule has 31 heavy (non-hydrogen) atoms. The van der Waals surface area contributed by atoms with E-state index in [1.165, 1.54) is 0 Å². The van der Waals surface area contributed by atoms with E-state index in [1.807, 2.05) is 76.2 Å². The number of ether oxygens (including phenoxy) is 2. The van der Waals surface area contributed by atoms with Gasteiger partial charge in [-0.25, -0.2) is 9.78 Å². The van der Waals surface area contributed by atoms with Crippen LogP contribution in [0.5, 0.6) is 11.5 Å². The summed E-state index contributed by atoms with van der Waals surface area (Å²) >= 11 is 0. The molecule has 1 heterocycles. The molecule has 3 aromatic rings. The van der Waals surface area contributed by atoms with Gasteiger partial charge in [0.25, 0.3) is 0 Å². The Morgan fingerprint density at radius 3 is 2.39 bits per heavy atom. The largest absolute Gasteiger partial charge is 0.457 e. The second-order valence-corrected chi connectivity index (χ2v) is 8.28. The minimum Gasteiger partial charge on any atom is -0.457 e. The molecule has 1 aromatic heterocycles. The van der Waals surface area contributed by atoms with Gasteiger partial charge in [0, 0.05) is 18.2 Å². The van der Waals surface area contributed by atoms with Gasteiger partial charge >= 0.3 is 5.97 Å². The first-order valence-corrected chi connectivity index (χ1v) is 10.3. The number of hydrogen-bond acceptors (Lipinski definition) is 5. The van der Waals surface area contributed by atoms with Gasteiger partial charge in [0.05, 0.1) is 0 Å². The highest BCUT2D eigenvalue weighted by molar-refractivity contribution is 5.96. The summed E-state index contributed by atoms with van der Waals surface area (Å²) in [6.45, 7) is 7.45. The van der Waals surface area contributed by atoms with E-state index in [0.717, 1.165) is 23.0 Å². The van der Waals surface area contributed by atoms with Gasteiger partial charge in [0.2, 0.25) is 0 Å². The van der Waals surface area contributed by atoms with Crippen LogP contribution < -0.4 is 4.74 Å². The van der Waals surface area contributed by atoms with Crippen LogP contribution in [0.25, 0.3) is 11.1 Å². The Bertz CT molecular complexity index is 1070. The van der Waals surface area contributed by atoms with E-state index in [-0.39, 0.29) is 5.69 Å². The summed E-state index contributed by atoms with van der Waals surface area (Å²) in [6, 6.07) is 17.1. The van der Waals surface area contributed by atoms with Gasteiger partial charge in [-0.1, -0.05) is 30.3 Å². The van der Waals surface area contributed by atoms with Crippen molar-refractivity contribution in [1.29, 1.82) is 0 Å². The zero-order chi connectivity index (χ0) is 22.4. The van der Waals surface area contributed by atoms with Crippen molar-refractivity contribution < 1.29 is 19.1 Å². The highest BCUT2D eigenvalue weighted by atomic mass is 16.6. The lowest BCUT2D eigenvalue weighted by atomic mass is 9.98. The Hall–Kier alpha value is -3.47. The Balaban J connectivity index is 1.90. The molecule has 0 aliphatic carbocycles. The Kier molecular flexibility index (Phi) is 6.85. The van der Waals surface area contributed by atoms with Crippen LogP contribution in [0.3, 0.4) is 0 Å². The lowest BCUT2D eigenvalue weighted by Crippen LogP contribution is -2.24. The second kappa shape index (κ2) is 9.56. The monoisotopic (exact) mass is 417 g/mol. The lowest BCUT2D eigenvalue weighted by molar-refractivity contribution is -0.107. The van der Waals surface area contributed by atoms with E-state index in [0.29, 0.717) is 29.9 Å². The number of benzene rings is 2. The number of aromatic nitrogens is 1. The number of hydrogen-bond donors (Lipinski definition) is 0. The first-order valence-electron chi connectivity index (χ1n) is 10.3. The molecule has 0 saturated carbocycles. The van der Waals surface area contributed by atoms with Gasteiger partial charge in [-0.2, -0.15) is 0 Å². The molecule has 0 bridgehead atoms. The average Bonchev–Trinajstić information content (AvgIpc) is 2.73. The maximum atomic E-state index is 12.7. The maximum absolute atomic E-state index is 12.7. The SMILES string of the molecule is Cc1c(Oc2ccc(CCC=O)cc2)cccc1-c1cccnc1C(=O)OC(C)(C)C. The Labute approximate surface area is 183 Å². The minimum atomic E-state index is -0.607. The number of pyridine rings is 1. The first-order chi connectivity index (χ1) is 14.8. The quantitative estimate of drug-likeness (QED) is 0.352. The fourth-order valence-electron chi connectivity index (χ4n) is 3.21. The average molecular weight is 418 g/mol. The van der Waals surface area contributed by atoms with Crippen LogP contribution in [0.4, 0.5) is 0 Å². The van der Waals surface area contributed by atoms with Gasteiger partial charge in [-0.15, -0.1) is 0 Å². The Morgan fingerprint density at radius 2 is 1.71 bits per heavy atom. The summed E-state index contributed by atoms with van der Waals surface area (Å²) in [4.78, 5) is 27.5. The molecule has 0 amide bonds. The van der Waals surface area contributed by atoms with E-state index < -0.39 is 11.6 Å². The first kappa shape index (κ1) is 22.2. The zero-order valence-electron chi connectivity index (χ0n) is 18.3. The summed E-state index contributed by atoms with van der Waals surface area (Å²) < 4.78 is 11.6. The number of nitrogens with zero attached hydrogens (tertiary/aromatic N) is 1. The molecule has 160 valence electrons. The van der Waals surface area contributed by atoms with E-state index in [1.54, 1.807) is 12.3 Å². The fraction of sp³-hybridized carbons (Fsp3) is 0.269. The van der Waals surface area contributed by atoms with Crippen molar-refractivity contribution in [3.63, 3.8) is 0 Å². The van der Waals surface area contributed by atoms with Crippen molar-refractivity contribution in [3.8, 4) is 22.6 Å². The van der Waals surface area contributed by atoms with Crippen molar-refractivity contribution in [2.45, 2.75) is 46.1 Å². The van der Waals surface area contributed by atoms with E-state index in [2.05, 4.69) is 4.98 Å². The van der Waals surface area contributed by atoms with Gasteiger partial charge < -0.3 is 14.3 Å². The van der Waals surface area contributed by atoms with Gasteiger partial charge in [-0.3, -0.25) is 0 Å². The van der Waals surface area contributed by atoms with Crippen LogP contribution in [-0.4, -0.2) is 22.8 Å². The third kappa shape index (κ3) is 5.79. The standard InChI is InChI=1S/C26H27NO4/c1-18-21(22-10-6-16-27-24(22)25(29)31-26(2,3)4)9-5-11-23(18)30-20-14-12-19(13-15-20)8-7-17-28/h5-6,9-17H,7-8H2,1-4H3. The number of aryl methyl sites for hydroxylation is 1. The zero-order valence-corrected chi connectivity index (χ0v) is 18.3. The van der Waals surface area contributed by atoms with E-state index in [9.17, 15) is 9.59 Å². The third-order valence-corrected chi connectivity index (χ3v) is 4.68. The molecule has 0 unspecified atom stereocenters. The molecule has 0 aliphatic heterocycles. The predicted octanol–water partition coefficient (Wildman–Crippen LogP) is 5.94. The molecule has 2 aromatic carbocycles. The van der Waals surface area contributed by atoms with Crippen LogP contribution in [0.15, 0.2) is 60.8 Å². The van der Waals surface area contributed by atoms with Gasteiger partial charge in [-0.05, 0) is 75.1 Å². The molecule has 0 atom stereocenters. The minimum absolute atomic E-state index is 0.275. The van der Waals surface area contributed by atoms with Crippen LogP contribution in [-0.2, 0) is 16.0 Å². The van der Waals surface area contributed by atoms with Crippen LogP contribution in [0, 0.1) is 6.92 Å². The maximum Gasteiger partial charge on any atom is 0.358 e. The molecule has 0 N–H and O–H groups in total. The smallest absolute Gasteiger partial charge is 0.358 e. The van der Waals surface area contributed by atoms with Crippen molar-refractivity contribution in [2.24, 2.45) is 0 Å². The normalized spacial score (nSPS) is 11.1. The number of rotatable bonds is 7. The fourth-order valence-corrected chi connectivity index (χ4v) is 3.21. The highest BCUT2D eigenvalue weighted by Gasteiger charge is 2.23. The summed E-state index contributed by atoms with van der Waals surface area (Å²) in [5.41, 5.74) is 3.20. The summed E-state index contributed by atoms with van der Waals surface area (Å²) in [7, 11) is 0. The topological polar surface area (TPSA) is 65.5 Å². The van der Waals surface area contributed by atoms with Crippen molar-refractivity contribution in [3.05, 3.63) is 77.6 Å². The molecular formula is C26H27NO4. The molecule has 0 saturated heterocycles. The second-order valence-electron chi connectivity index (χ2n) is 8.28. The molecule has 5 nitrogen and oxygen atoms in total. The summed E-state index contributed by atoms with van der Waals surface area (Å²) in [6.07, 6.45) is 3.73. The third-order valence-electron chi connectivity index (χ3n) is 4.68. The highest BCUT2D eigenvalue weighted by Crippen LogP contribution is 2.34. The van der Waals surface area contributed by atoms with E-state index >= 15 is 0 Å². The van der Waals surface area contributed by atoms with Gasteiger partial charge in [0.1, 0.15) is 23.4 Å².